The molecule has 16 heavy (non-hydrogen) atoms. The molecule has 0 aromatic carbocycles. The van der Waals surface area contributed by atoms with Crippen LogP contribution in [0.1, 0.15) is 43.2 Å². The molecule has 0 radical (unpaired) electrons. The van der Waals surface area contributed by atoms with E-state index in [1.807, 2.05) is 0 Å². The van der Waals surface area contributed by atoms with Gasteiger partial charge >= 0.3 is 5.97 Å². The highest BCUT2D eigenvalue weighted by atomic mass is 16.5. The van der Waals surface area contributed by atoms with E-state index in [9.17, 15) is 4.79 Å². The predicted molar refractivity (Wildman–Crippen MR) is 58.6 cm³/mol. The monoisotopic (exact) mass is 224 g/mol. The Bertz CT molecular complexity index is 325. The fourth-order valence-electron chi connectivity index (χ4n) is 1.22. The van der Waals surface area contributed by atoms with E-state index in [1.54, 1.807) is 0 Å². The zero-order valence-electron chi connectivity index (χ0n) is 9.35. The summed E-state index contributed by atoms with van der Waals surface area (Å²) in [7, 11) is 0. The first kappa shape index (κ1) is 12.4. The first-order valence-corrected chi connectivity index (χ1v) is 5.42. The van der Waals surface area contributed by atoms with Gasteiger partial charge in [0.2, 0.25) is 5.82 Å². The normalized spacial score (nSPS) is 10.1. The average Bonchev–Trinajstić information content (AvgIpc) is 2.29. The Kier molecular flexibility index (Phi) is 5.25. The van der Waals surface area contributed by atoms with Crippen molar-refractivity contribution in [2.75, 3.05) is 6.61 Å². The average molecular weight is 224 g/mol. The highest BCUT2D eigenvalue weighted by molar-refractivity contribution is 5.82. The number of carbonyl (C=O) groups is 1. The summed E-state index contributed by atoms with van der Waals surface area (Å²) in [5, 5.41) is 8.58. The van der Waals surface area contributed by atoms with Crippen LogP contribution in [0.5, 0.6) is 5.75 Å². The minimum Gasteiger partial charge on any atom is -0.490 e. The molecule has 0 aliphatic heterocycles. The van der Waals surface area contributed by atoms with Gasteiger partial charge in [0.05, 0.1) is 19.0 Å². The number of aromatic carboxylic acids is 1. The molecule has 0 amide bonds. The zero-order chi connectivity index (χ0) is 11.8. The van der Waals surface area contributed by atoms with Crippen molar-refractivity contribution in [3.8, 4) is 5.75 Å². The largest absolute Gasteiger partial charge is 0.490 e. The van der Waals surface area contributed by atoms with Crippen LogP contribution in [0.4, 0.5) is 0 Å². The lowest BCUT2D eigenvalue weighted by Crippen LogP contribution is -2.04. The third-order valence-electron chi connectivity index (χ3n) is 2.09. The molecule has 0 atom stereocenters. The van der Waals surface area contributed by atoms with Crippen LogP contribution in [0.2, 0.25) is 0 Å². The molecule has 1 aromatic heterocycles. The van der Waals surface area contributed by atoms with Gasteiger partial charge in [0.1, 0.15) is 0 Å². The van der Waals surface area contributed by atoms with Gasteiger partial charge in [0.15, 0.2) is 5.75 Å². The molecular formula is C11H16N2O3. The van der Waals surface area contributed by atoms with Gasteiger partial charge in [-0.05, 0) is 6.42 Å². The molecule has 0 unspecified atom stereocenters. The minimum absolute atomic E-state index is 0.210. The molecule has 1 N–H and O–H groups in total. The van der Waals surface area contributed by atoms with Crippen LogP contribution < -0.4 is 4.74 Å². The molecule has 1 aromatic rings. The standard InChI is InChI=1S/C11H16N2O3/c1-2-3-4-5-6-16-9-7-12-10(11(14)15)13-8-9/h7-8H,2-6H2,1H3,(H,14,15). The lowest BCUT2D eigenvalue weighted by atomic mass is 10.2. The van der Waals surface area contributed by atoms with E-state index in [0.717, 1.165) is 12.8 Å². The molecule has 88 valence electrons. The van der Waals surface area contributed by atoms with Crippen LogP contribution in [0, 0.1) is 0 Å². The van der Waals surface area contributed by atoms with E-state index < -0.39 is 5.97 Å². The summed E-state index contributed by atoms with van der Waals surface area (Å²) in [5.41, 5.74) is 0. The molecule has 0 aliphatic carbocycles. The summed E-state index contributed by atoms with van der Waals surface area (Å²) in [5.74, 6) is -0.825. The number of hydrogen-bond donors (Lipinski definition) is 1. The molecule has 1 rings (SSSR count). The van der Waals surface area contributed by atoms with Crippen molar-refractivity contribution in [1.29, 1.82) is 0 Å². The zero-order valence-corrected chi connectivity index (χ0v) is 9.35. The first-order chi connectivity index (χ1) is 7.74. The highest BCUT2D eigenvalue weighted by Gasteiger charge is 2.05. The highest BCUT2D eigenvalue weighted by Crippen LogP contribution is 2.07. The molecule has 1 heterocycles. The summed E-state index contributed by atoms with van der Waals surface area (Å²) < 4.78 is 5.37. The molecule has 0 bridgehead atoms. The van der Waals surface area contributed by atoms with Gasteiger partial charge in [-0.1, -0.05) is 26.2 Å². The van der Waals surface area contributed by atoms with Crippen molar-refractivity contribution >= 4 is 5.97 Å². The first-order valence-electron chi connectivity index (χ1n) is 5.42. The second-order valence-corrected chi connectivity index (χ2v) is 3.46. The van der Waals surface area contributed by atoms with Gasteiger partial charge in [-0.25, -0.2) is 14.8 Å². The van der Waals surface area contributed by atoms with E-state index in [1.165, 1.54) is 25.2 Å². The van der Waals surface area contributed by atoms with E-state index in [2.05, 4.69) is 16.9 Å². The summed E-state index contributed by atoms with van der Waals surface area (Å²) in [6.07, 6.45) is 7.31. The number of ether oxygens (including phenoxy) is 1. The Morgan fingerprint density at radius 1 is 1.31 bits per heavy atom. The number of nitrogens with zero attached hydrogens (tertiary/aromatic N) is 2. The number of hydrogen-bond acceptors (Lipinski definition) is 4. The van der Waals surface area contributed by atoms with Crippen molar-refractivity contribution in [1.82, 2.24) is 9.97 Å². The maximum Gasteiger partial charge on any atom is 0.373 e. The number of carboxylic acids is 1. The van der Waals surface area contributed by atoms with Crippen LogP contribution in [0.15, 0.2) is 12.4 Å². The van der Waals surface area contributed by atoms with Crippen molar-refractivity contribution < 1.29 is 14.6 Å². The molecular weight excluding hydrogens is 208 g/mol. The minimum atomic E-state index is -1.13. The number of aromatic nitrogens is 2. The van der Waals surface area contributed by atoms with Crippen molar-refractivity contribution in [3.63, 3.8) is 0 Å². The SMILES string of the molecule is CCCCCCOc1cnc(C(=O)O)nc1. The summed E-state index contributed by atoms with van der Waals surface area (Å²) in [6, 6.07) is 0. The summed E-state index contributed by atoms with van der Waals surface area (Å²) in [6.45, 7) is 2.77. The van der Waals surface area contributed by atoms with E-state index in [0.29, 0.717) is 12.4 Å². The van der Waals surface area contributed by atoms with E-state index in [4.69, 9.17) is 9.84 Å². The van der Waals surface area contributed by atoms with E-state index >= 15 is 0 Å². The third-order valence-corrected chi connectivity index (χ3v) is 2.09. The van der Waals surface area contributed by atoms with Crippen molar-refractivity contribution in [2.45, 2.75) is 32.6 Å². The third kappa shape index (κ3) is 4.25. The fraction of sp³-hybridized carbons (Fsp3) is 0.545. The fourth-order valence-corrected chi connectivity index (χ4v) is 1.22. The Morgan fingerprint density at radius 3 is 2.56 bits per heavy atom. The molecule has 5 heteroatoms. The number of unbranched alkanes of at least 4 members (excludes halogenated alkanes) is 3. The predicted octanol–water partition coefficient (Wildman–Crippen LogP) is 2.13. The van der Waals surface area contributed by atoms with Gasteiger partial charge in [-0.3, -0.25) is 0 Å². The molecule has 5 nitrogen and oxygen atoms in total. The Morgan fingerprint density at radius 2 is 2.00 bits per heavy atom. The van der Waals surface area contributed by atoms with Gasteiger partial charge in [-0.15, -0.1) is 0 Å². The molecule has 0 saturated carbocycles. The van der Waals surface area contributed by atoms with Crippen LogP contribution in [-0.2, 0) is 0 Å². The molecule has 0 saturated heterocycles. The Balaban J connectivity index is 2.29. The van der Waals surface area contributed by atoms with Gasteiger partial charge in [-0.2, -0.15) is 0 Å². The van der Waals surface area contributed by atoms with Crippen LogP contribution >= 0.6 is 0 Å². The summed E-state index contributed by atoms with van der Waals surface area (Å²) in [4.78, 5) is 17.8. The number of carboxylic acid groups (broad SMARTS) is 1. The van der Waals surface area contributed by atoms with Crippen molar-refractivity contribution in [2.24, 2.45) is 0 Å². The lowest BCUT2D eigenvalue weighted by Gasteiger charge is -2.04. The maximum absolute atomic E-state index is 10.5. The smallest absolute Gasteiger partial charge is 0.373 e. The molecule has 0 spiro atoms. The lowest BCUT2D eigenvalue weighted by molar-refractivity contribution is 0.0683. The van der Waals surface area contributed by atoms with Gasteiger partial charge < -0.3 is 9.84 Å². The van der Waals surface area contributed by atoms with Crippen LogP contribution in [0.3, 0.4) is 0 Å². The van der Waals surface area contributed by atoms with Gasteiger partial charge in [0.25, 0.3) is 0 Å². The van der Waals surface area contributed by atoms with Crippen LogP contribution in [-0.4, -0.2) is 27.7 Å². The second-order valence-electron chi connectivity index (χ2n) is 3.46. The topological polar surface area (TPSA) is 72.3 Å². The molecule has 0 aliphatic rings. The van der Waals surface area contributed by atoms with Crippen molar-refractivity contribution in [3.05, 3.63) is 18.2 Å². The quantitative estimate of drug-likeness (QED) is 0.718. The maximum atomic E-state index is 10.5. The summed E-state index contributed by atoms with van der Waals surface area (Å²) >= 11 is 0. The van der Waals surface area contributed by atoms with Gasteiger partial charge in [0, 0.05) is 0 Å². The molecule has 0 fully saturated rings. The van der Waals surface area contributed by atoms with E-state index in [-0.39, 0.29) is 5.82 Å². The Labute approximate surface area is 94.5 Å². The number of rotatable bonds is 7. The van der Waals surface area contributed by atoms with Crippen LogP contribution in [0.25, 0.3) is 0 Å². The second kappa shape index (κ2) is 6.76. The Hall–Kier alpha value is -1.65.